The molecule has 0 saturated carbocycles. The maximum atomic E-state index is 13.4. The fourth-order valence-electron chi connectivity index (χ4n) is 5.73. The van der Waals surface area contributed by atoms with E-state index >= 15 is 0 Å². The summed E-state index contributed by atoms with van der Waals surface area (Å²) in [5.74, 6) is 0.187. The van der Waals surface area contributed by atoms with Crippen LogP contribution in [0.25, 0.3) is 0 Å². The Morgan fingerprint density at radius 3 is 2.81 bits per heavy atom. The number of hydrogen-bond acceptors (Lipinski definition) is 2. The highest BCUT2D eigenvalue weighted by Crippen LogP contribution is 2.43. The Morgan fingerprint density at radius 1 is 1.13 bits per heavy atom. The van der Waals surface area contributed by atoms with Crippen LogP contribution in [0.4, 0.5) is 4.79 Å². The summed E-state index contributed by atoms with van der Waals surface area (Å²) in [6.45, 7) is 4.26. The molecule has 2 fully saturated rings. The molecule has 2 aromatic carbocycles. The van der Waals surface area contributed by atoms with Crippen LogP contribution < -0.4 is 5.32 Å². The zero-order valence-electron chi connectivity index (χ0n) is 18.2. The van der Waals surface area contributed by atoms with E-state index in [1.54, 1.807) is 0 Å². The van der Waals surface area contributed by atoms with Gasteiger partial charge < -0.3 is 15.1 Å². The first-order valence-electron chi connectivity index (χ1n) is 11.6. The van der Waals surface area contributed by atoms with Gasteiger partial charge in [-0.25, -0.2) is 4.79 Å². The Balaban J connectivity index is 1.32. The molecule has 3 heterocycles. The summed E-state index contributed by atoms with van der Waals surface area (Å²) in [4.78, 5) is 30.6. The number of likely N-dealkylation sites (tertiary alicyclic amines) is 1. The number of amides is 3. The van der Waals surface area contributed by atoms with E-state index in [1.807, 2.05) is 23.1 Å². The van der Waals surface area contributed by atoms with E-state index in [0.717, 1.165) is 45.2 Å². The van der Waals surface area contributed by atoms with Gasteiger partial charge in [0.25, 0.3) is 0 Å². The van der Waals surface area contributed by atoms with Crippen LogP contribution in [-0.2, 0) is 17.6 Å². The molecule has 0 bridgehead atoms. The highest BCUT2D eigenvalue weighted by molar-refractivity contribution is 5.83. The number of piperidine rings is 2. The predicted molar refractivity (Wildman–Crippen MR) is 121 cm³/mol. The summed E-state index contributed by atoms with van der Waals surface area (Å²) >= 11 is 0. The lowest BCUT2D eigenvalue weighted by Gasteiger charge is -2.51. The number of aryl methyl sites for hydroxylation is 1. The monoisotopic (exact) mass is 417 g/mol. The molecule has 5 nitrogen and oxygen atoms in total. The smallest absolute Gasteiger partial charge is 0.317 e. The van der Waals surface area contributed by atoms with Gasteiger partial charge in [-0.15, -0.1) is 0 Å². The van der Waals surface area contributed by atoms with Gasteiger partial charge in [-0.1, -0.05) is 54.1 Å². The van der Waals surface area contributed by atoms with E-state index in [0.29, 0.717) is 6.54 Å². The van der Waals surface area contributed by atoms with Gasteiger partial charge in [0.2, 0.25) is 5.91 Å². The number of fused-ring (bicyclic) bond motifs is 4. The van der Waals surface area contributed by atoms with E-state index < -0.39 is 0 Å². The second-order valence-electron chi connectivity index (χ2n) is 9.21. The van der Waals surface area contributed by atoms with Crippen molar-refractivity contribution in [3.8, 4) is 0 Å². The Morgan fingerprint density at radius 2 is 1.97 bits per heavy atom. The molecule has 0 aliphatic carbocycles. The Bertz CT molecular complexity index is 974. The van der Waals surface area contributed by atoms with Crippen molar-refractivity contribution in [3.05, 3.63) is 70.8 Å². The van der Waals surface area contributed by atoms with Gasteiger partial charge in [-0.05, 0) is 55.7 Å². The standard InChI is InChI=1S/C26H31N3O2/c1-18-9-10-20-12-15-28-24(22(20)16-18)17-23-21(25(28)30)8-5-14-29(23)26(31)27-13-11-19-6-3-2-4-7-19/h2-4,6-7,9-10,16,21,23-24H,5,8,11-15,17H2,1H3,(H,27,31)/t21-,23-,24+/m1/s1. The van der Waals surface area contributed by atoms with Crippen molar-refractivity contribution in [1.82, 2.24) is 15.1 Å². The van der Waals surface area contributed by atoms with Crippen molar-refractivity contribution in [2.45, 2.75) is 51.1 Å². The van der Waals surface area contributed by atoms with Gasteiger partial charge in [0.1, 0.15) is 0 Å². The number of carbonyl (C=O) groups excluding carboxylic acids is 2. The predicted octanol–water partition coefficient (Wildman–Crippen LogP) is 3.86. The van der Waals surface area contributed by atoms with Crippen molar-refractivity contribution in [3.63, 3.8) is 0 Å². The Labute approximate surface area is 184 Å². The van der Waals surface area contributed by atoms with E-state index in [9.17, 15) is 9.59 Å². The molecule has 0 unspecified atom stereocenters. The van der Waals surface area contributed by atoms with Crippen molar-refractivity contribution in [2.24, 2.45) is 5.92 Å². The summed E-state index contributed by atoms with van der Waals surface area (Å²) < 4.78 is 0. The molecule has 2 aromatic rings. The first kappa shape index (κ1) is 20.1. The Kier molecular flexibility index (Phi) is 5.43. The van der Waals surface area contributed by atoms with E-state index in [4.69, 9.17) is 0 Å². The molecule has 5 rings (SSSR count). The molecule has 3 aliphatic rings. The highest BCUT2D eigenvalue weighted by Gasteiger charge is 2.48. The topological polar surface area (TPSA) is 52.7 Å². The summed E-state index contributed by atoms with van der Waals surface area (Å²) in [5.41, 5.74) is 5.09. The molecular weight excluding hydrogens is 386 g/mol. The molecule has 2 saturated heterocycles. The molecule has 5 heteroatoms. The van der Waals surface area contributed by atoms with Gasteiger partial charge in [0.05, 0.1) is 12.0 Å². The minimum atomic E-state index is -0.0590. The van der Waals surface area contributed by atoms with Crippen molar-refractivity contribution < 1.29 is 9.59 Å². The van der Waals surface area contributed by atoms with Crippen LogP contribution in [0.1, 0.15) is 47.6 Å². The number of hydrogen-bond donors (Lipinski definition) is 1. The van der Waals surface area contributed by atoms with Crippen LogP contribution in [0.3, 0.4) is 0 Å². The number of nitrogens with one attached hydrogen (secondary N) is 1. The first-order valence-corrected chi connectivity index (χ1v) is 11.6. The summed E-state index contributed by atoms with van der Waals surface area (Å²) in [6, 6.07) is 16.9. The van der Waals surface area contributed by atoms with Crippen molar-refractivity contribution >= 4 is 11.9 Å². The van der Waals surface area contributed by atoms with E-state index in [1.165, 1.54) is 22.3 Å². The lowest BCUT2D eigenvalue weighted by molar-refractivity contribution is -0.148. The maximum Gasteiger partial charge on any atom is 0.317 e. The fraction of sp³-hybridized carbons (Fsp3) is 0.462. The molecule has 3 atom stereocenters. The average Bonchev–Trinajstić information content (AvgIpc) is 2.79. The molecular formula is C26H31N3O2. The molecule has 162 valence electrons. The van der Waals surface area contributed by atoms with Gasteiger partial charge in [-0.3, -0.25) is 4.79 Å². The third-order valence-corrected chi connectivity index (χ3v) is 7.30. The quantitative estimate of drug-likeness (QED) is 0.825. The molecule has 3 amide bonds. The van der Waals surface area contributed by atoms with Crippen LogP contribution in [0, 0.1) is 12.8 Å². The molecule has 0 aromatic heterocycles. The normalized spacial score (nSPS) is 24.8. The maximum absolute atomic E-state index is 13.4. The van der Waals surface area contributed by atoms with Gasteiger partial charge in [0, 0.05) is 25.7 Å². The minimum Gasteiger partial charge on any atom is -0.338 e. The molecule has 0 spiro atoms. The molecule has 1 N–H and O–H groups in total. The van der Waals surface area contributed by atoms with Gasteiger partial charge >= 0.3 is 6.03 Å². The second kappa shape index (κ2) is 8.37. The largest absolute Gasteiger partial charge is 0.338 e. The zero-order valence-corrected chi connectivity index (χ0v) is 18.2. The molecule has 3 aliphatic heterocycles. The van der Waals surface area contributed by atoms with Gasteiger partial charge in [0.15, 0.2) is 0 Å². The van der Waals surface area contributed by atoms with E-state index in [2.05, 4.69) is 47.5 Å². The first-order chi connectivity index (χ1) is 15.1. The third-order valence-electron chi connectivity index (χ3n) is 7.30. The van der Waals surface area contributed by atoms with Crippen molar-refractivity contribution in [1.29, 1.82) is 0 Å². The lowest BCUT2D eigenvalue weighted by atomic mass is 9.76. The minimum absolute atomic E-state index is 0.00862. The third kappa shape index (κ3) is 3.82. The van der Waals surface area contributed by atoms with Crippen LogP contribution in [0.5, 0.6) is 0 Å². The van der Waals surface area contributed by atoms with Gasteiger partial charge in [-0.2, -0.15) is 0 Å². The summed E-state index contributed by atoms with van der Waals surface area (Å²) in [6.07, 6.45) is 4.38. The number of urea groups is 1. The Hall–Kier alpha value is -2.82. The number of rotatable bonds is 3. The SMILES string of the molecule is Cc1ccc2c(c1)[C@@H]1C[C@@H]3[C@@H](CCCN3C(=O)NCCc3ccccc3)C(=O)N1CC2. The van der Waals surface area contributed by atoms with Crippen LogP contribution >= 0.6 is 0 Å². The van der Waals surface area contributed by atoms with Crippen molar-refractivity contribution in [2.75, 3.05) is 19.6 Å². The van der Waals surface area contributed by atoms with Crippen LogP contribution in [0.15, 0.2) is 48.5 Å². The molecule has 0 radical (unpaired) electrons. The number of carbonyl (C=O) groups is 2. The lowest BCUT2D eigenvalue weighted by Crippen LogP contribution is -2.61. The molecule has 31 heavy (non-hydrogen) atoms. The second-order valence-corrected chi connectivity index (χ2v) is 9.21. The summed E-state index contributed by atoms with van der Waals surface area (Å²) in [5, 5.41) is 3.11. The summed E-state index contributed by atoms with van der Waals surface area (Å²) in [7, 11) is 0. The fourth-order valence-corrected chi connectivity index (χ4v) is 5.73. The number of benzene rings is 2. The highest BCUT2D eigenvalue weighted by atomic mass is 16.2. The van der Waals surface area contributed by atoms with Crippen LogP contribution in [-0.4, -0.2) is 47.4 Å². The van der Waals surface area contributed by atoms with Crippen LogP contribution in [0.2, 0.25) is 0 Å². The average molecular weight is 418 g/mol. The van der Waals surface area contributed by atoms with E-state index in [-0.39, 0.29) is 29.9 Å². The number of nitrogens with zero attached hydrogens (tertiary/aromatic N) is 2. The zero-order chi connectivity index (χ0) is 21.4.